The molecule has 0 saturated carbocycles. The fraction of sp³-hybridized carbons (Fsp3) is 0.500. The quantitative estimate of drug-likeness (QED) is 0.243. The minimum absolute atomic E-state index is 0.0630. The Bertz CT molecular complexity index is 1050. The first-order chi connectivity index (χ1) is 15.7. The number of hydrogen-bond donors (Lipinski definition) is 3. The Morgan fingerprint density at radius 3 is 1.91 bits per heavy atom. The molecule has 0 heterocycles. The molecular formula is C26H37ClN2O4S. The number of phenols is 1. The van der Waals surface area contributed by atoms with Crippen molar-refractivity contribution in [3.05, 3.63) is 45.5 Å². The lowest BCUT2D eigenvalue weighted by atomic mass is 9.88. The Hall–Kier alpha value is -2.25. The van der Waals surface area contributed by atoms with Gasteiger partial charge in [-0.2, -0.15) is 4.21 Å². The average Bonchev–Trinajstić information content (AvgIpc) is 2.74. The lowest BCUT2D eigenvalue weighted by Crippen LogP contribution is -2.19. The number of hydrogen-bond acceptors (Lipinski definition) is 4. The van der Waals surface area contributed by atoms with Gasteiger partial charge in [-0.15, -0.1) is 0 Å². The van der Waals surface area contributed by atoms with Crippen LogP contribution in [0.1, 0.15) is 95.4 Å². The summed E-state index contributed by atoms with van der Waals surface area (Å²) in [5, 5.41) is 13.1. The number of carbonyl (C=O) groups is 1. The third kappa shape index (κ3) is 6.45. The Labute approximate surface area is 211 Å². The van der Waals surface area contributed by atoms with E-state index >= 15 is 0 Å². The maximum Gasteiger partial charge on any atom is 0.316 e. The van der Waals surface area contributed by atoms with E-state index in [2.05, 4.69) is 63.7 Å². The van der Waals surface area contributed by atoms with Crippen LogP contribution >= 0.6 is 11.6 Å². The summed E-state index contributed by atoms with van der Waals surface area (Å²) in [7, 11) is 0. The predicted molar refractivity (Wildman–Crippen MR) is 142 cm³/mol. The number of aromatic hydroxyl groups is 1. The Morgan fingerprint density at radius 1 is 0.941 bits per heavy atom. The van der Waals surface area contributed by atoms with Gasteiger partial charge in [-0.05, 0) is 53.0 Å². The highest BCUT2D eigenvalue weighted by Gasteiger charge is 2.22. The summed E-state index contributed by atoms with van der Waals surface area (Å²) in [4.78, 5) is 12.1. The van der Waals surface area contributed by atoms with Gasteiger partial charge in [0.25, 0.3) is 0 Å². The van der Waals surface area contributed by atoms with Crippen molar-refractivity contribution in [2.45, 2.75) is 80.1 Å². The summed E-state index contributed by atoms with van der Waals surface area (Å²) in [6.45, 7) is 17.8. The Morgan fingerprint density at radius 2 is 1.47 bits per heavy atom. The largest absolute Gasteiger partial charge is 0.504 e. The average molecular weight is 509 g/mol. The molecular weight excluding hydrogens is 472 g/mol. The van der Waals surface area contributed by atoms with Crippen molar-refractivity contribution in [2.24, 2.45) is 5.92 Å². The number of benzene rings is 2. The van der Waals surface area contributed by atoms with E-state index in [0.29, 0.717) is 22.9 Å². The van der Waals surface area contributed by atoms with Crippen molar-refractivity contribution < 1.29 is 18.3 Å². The van der Waals surface area contributed by atoms with E-state index in [9.17, 15) is 14.1 Å². The van der Waals surface area contributed by atoms with Crippen LogP contribution in [0.5, 0.6) is 11.5 Å². The van der Waals surface area contributed by atoms with Crippen LogP contribution in [0, 0.1) is 12.8 Å². The summed E-state index contributed by atoms with van der Waals surface area (Å²) in [6.07, 6.45) is 0. The monoisotopic (exact) mass is 508 g/mol. The molecule has 2 aromatic carbocycles. The van der Waals surface area contributed by atoms with Crippen molar-refractivity contribution in [3.8, 4) is 11.5 Å². The van der Waals surface area contributed by atoms with E-state index in [0.717, 1.165) is 11.1 Å². The zero-order valence-corrected chi connectivity index (χ0v) is 23.1. The number of phenolic OH excluding ortho intramolecular Hbond substituents is 1. The second kappa shape index (κ2) is 11.5. The lowest BCUT2D eigenvalue weighted by molar-refractivity contribution is -0.118. The summed E-state index contributed by atoms with van der Waals surface area (Å²) in [5.41, 5.74) is 4.22. The van der Waals surface area contributed by atoms with Crippen LogP contribution in [-0.4, -0.2) is 15.2 Å². The summed E-state index contributed by atoms with van der Waals surface area (Å²) >= 11 is 4.34. The number of carbonyl (C=O) groups excluding carboxylic acids is 1. The molecule has 0 fully saturated rings. The Balaban J connectivity index is 2.45. The van der Waals surface area contributed by atoms with Crippen molar-refractivity contribution in [1.29, 1.82) is 0 Å². The molecule has 0 aliphatic rings. The van der Waals surface area contributed by atoms with E-state index in [4.69, 9.17) is 15.8 Å². The van der Waals surface area contributed by atoms with Crippen LogP contribution in [0.15, 0.2) is 18.2 Å². The zero-order valence-electron chi connectivity index (χ0n) is 21.5. The second-order valence-corrected chi connectivity index (χ2v) is 11.0. The molecule has 0 aromatic heterocycles. The van der Waals surface area contributed by atoms with Crippen molar-refractivity contribution in [3.63, 3.8) is 0 Å². The number of halogens is 1. The number of anilines is 2. The molecule has 2 rings (SSSR count). The molecule has 6 nitrogen and oxygen atoms in total. The fourth-order valence-electron chi connectivity index (χ4n) is 3.39. The lowest BCUT2D eigenvalue weighted by Gasteiger charge is -2.22. The van der Waals surface area contributed by atoms with Gasteiger partial charge in [-0.1, -0.05) is 79.1 Å². The smallest absolute Gasteiger partial charge is 0.316 e. The fourth-order valence-corrected chi connectivity index (χ4v) is 4.37. The summed E-state index contributed by atoms with van der Waals surface area (Å²) in [5.74, 6) is 0.513. The third-order valence-electron chi connectivity index (χ3n) is 5.70. The molecule has 0 saturated heterocycles. The third-order valence-corrected chi connectivity index (χ3v) is 6.87. The van der Waals surface area contributed by atoms with Gasteiger partial charge >= 0.3 is 11.3 Å². The topological polar surface area (TPSA) is 87.7 Å². The maximum atomic E-state index is 13.1. The van der Waals surface area contributed by atoms with Gasteiger partial charge < -0.3 is 14.6 Å². The molecule has 188 valence electrons. The van der Waals surface area contributed by atoms with Crippen molar-refractivity contribution in [2.75, 3.05) is 10.0 Å². The number of nitrogens with one attached hydrogen (secondary N) is 2. The molecule has 0 aliphatic carbocycles. The van der Waals surface area contributed by atoms with E-state index in [1.165, 1.54) is 11.6 Å². The molecule has 0 bridgehead atoms. The first-order valence-electron chi connectivity index (χ1n) is 11.6. The van der Waals surface area contributed by atoms with Crippen molar-refractivity contribution in [1.82, 2.24) is 0 Å². The van der Waals surface area contributed by atoms with E-state index in [1.807, 2.05) is 0 Å². The SMILES string of the molecule is Cc1c(NS(=O)Oc2c(C(C)C)cc(C(C)C)cc2C(C)C)cc(NC(=O)C(C)C)c(O)c1Cl. The standard InChI is InChI=1S/C26H37ClN2O4S/c1-13(2)18-10-19(14(3)4)25(20(11-18)15(5)6)33-34(32)29-21-12-22(28-26(31)16(7)8)24(30)23(27)17(21)9/h10-16,29-30H,1-9H3,(H,28,31). The highest BCUT2D eigenvalue weighted by atomic mass is 35.5. The molecule has 0 radical (unpaired) electrons. The van der Waals surface area contributed by atoms with Gasteiger partial charge in [0.2, 0.25) is 5.91 Å². The molecule has 8 heteroatoms. The molecule has 0 spiro atoms. The number of amides is 1. The van der Waals surface area contributed by atoms with Crippen LogP contribution in [0.3, 0.4) is 0 Å². The number of rotatable bonds is 9. The van der Waals surface area contributed by atoms with E-state index in [1.54, 1.807) is 20.8 Å². The first kappa shape index (κ1) is 28.0. The predicted octanol–water partition coefficient (Wildman–Crippen LogP) is 7.39. The minimum Gasteiger partial charge on any atom is -0.504 e. The van der Waals surface area contributed by atoms with E-state index < -0.39 is 11.3 Å². The summed E-state index contributed by atoms with van der Waals surface area (Å²) < 4.78 is 22.0. The van der Waals surface area contributed by atoms with Gasteiger partial charge in [-0.3, -0.25) is 9.52 Å². The highest BCUT2D eigenvalue weighted by molar-refractivity contribution is 7.82. The molecule has 0 aliphatic heterocycles. The molecule has 34 heavy (non-hydrogen) atoms. The van der Waals surface area contributed by atoms with Crippen LogP contribution in [-0.2, 0) is 16.1 Å². The van der Waals surface area contributed by atoms with Gasteiger partial charge in [0.15, 0.2) is 5.75 Å². The molecule has 1 amide bonds. The van der Waals surface area contributed by atoms with Gasteiger partial charge in [0.05, 0.1) is 16.4 Å². The molecule has 2 aromatic rings. The second-order valence-electron chi connectivity index (χ2n) is 9.82. The van der Waals surface area contributed by atoms with E-state index in [-0.39, 0.29) is 40.1 Å². The summed E-state index contributed by atoms with van der Waals surface area (Å²) in [6, 6.07) is 5.75. The van der Waals surface area contributed by atoms with Crippen LogP contribution in [0.2, 0.25) is 5.02 Å². The first-order valence-corrected chi connectivity index (χ1v) is 13.1. The minimum atomic E-state index is -1.95. The molecule has 3 N–H and O–H groups in total. The van der Waals surface area contributed by atoms with Crippen LogP contribution in [0.25, 0.3) is 0 Å². The van der Waals surface area contributed by atoms with Crippen molar-refractivity contribution >= 4 is 40.1 Å². The maximum absolute atomic E-state index is 13.1. The van der Waals surface area contributed by atoms with Crippen LogP contribution < -0.4 is 14.2 Å². The van der Waals surface area contributed by atoms with Gasteiger partial charge in [0.1, 0.15) is 5.75 Å². The molecule has 1 atom stereocenters. The normalized spacial score (nSPS) is 12.5. The van der Waals surface area contributed by atoms with Crippen LogP contribution in [0.4, 0.5) is 11.4 Å². The van der Waals surface area contributed by atoms with Gasteiger partial charge in [0, 0.05) is 5.92 Å². The Kier molecular flexibility index (Phi) is 9.43. The highest BCUT2D eigenvalue weighted by Crippen LogP contribution is 2.41. The molecule has 1 unspecified atom stereocenters. The zero-order chi connectivity index (χ0) is 25.9. The van der Waals surface area contributed by atoms with Gasteiger partial charge in [-0.25, -0.2) is 0 Å².